The number of nitrogens with zero attached hydrogens (tertiary/aromatic N) is 3. The number of carbonyl (C=O) groups is 2. The van der Waals surface area contributed by atoms with Crippen molar-refractivity contribution in [3.05, 3.63) is 59.9 Å². The molecule has 3 aliphatic rings. The zero-order valence-electron chi connectivity index (χ0n) is 15.1. The van der Waals surface area contributed by atoms with Gasteiger partial charge in [-0.25, -0.2) is 12.7 Å². The van der Waals surface area contributed by atoms with E-state index < -0.39 is 28.0 Å². The molecule has 3 heterocycles. The van der Waals surface area contributed by atoms with Crippen molar-refractivity contribution >= 4 is 21.8 Å². The van der Waals surface area contributed by atoms with Gasteiger partial charge < -0.3 is 4.90 Å². The van der Waals surface area contributed by atoms with Crippen molar-refractivity contribution in [2.24, 2.45) is 5.92 Å². The molecule has 28 heavy (non-hydrogen) atoms. The number of rotatable bonds is 3. The lowest BCUT2D eigenvalue weighted by Gasteiger charge is -2.50. The third kappa shape index (κ3) is 2.15. The van der Waals surface area contributed by atoms with E-state index in [2.05, 4.69) is 4.98 Å². The lowest BCUT2D eigenvalue weighted by molar-refractivity contribution is -0.140. The summed E-state index contributed by atoms with van der Waals surface area (Å²) in [5, 5.41) is 0. The van der Waals surface area contributed by atoms with Crippen molar-refractivity contribution < 1.29 is 18.0 Å². The third-order valence-corrected chi connectivity index (χ3v) is 8.17. The predicted molar refractivity (Wildman–Crippen MR) is 99.6 cm³/mol. The van der Waals surface area contributed by atoms with Crippen molar-refractivity contribution in [1.82, 2.24) is 14.2 Å². The predicted octanol–water partition coefficient (Wildman–Crippen LogP) is 1.76. The monoisotopic (exact) mass is 397 g/mol. The van der Waals surface area contributed by atoms with Crippen LogP contribution in [0.4, 0.5) is 0 Å². The fraction of sp³-hybridized carbons (Fsp3) is 0.350. The minimum atomic E-state index is -3.99. The molecule has 0 N–H and O–H groups in total. The standard InChI is InChI=1S/C20H19N3O4S/c24-18(13-23-19(25)16-5-1-2-6-17(16)28(23,26)27)22-11-8-14-7-9-20(14,22)15-4-3-10-21-12-15/h1-6,10,12,14H,7-9,11,13H2/t14-,20-/m0/s1. The van der Waals surface area contributed by atoms with Crippen LogP contribution in [0.1, 0.15) is 35.2 Å². The Morgan fingerprint density at radius 1 is 1.18 bits per heavy atom. The molecule has 144 valence electrons. The molecule has 0 spiro atoms. The molecule has 2 atom stereocenters. The normalized spacial score (nSPS) is 27.3. The quantitative estimate of drug-likeness (QED) is 0.788. The Morgan fingerprint density at radius 2 is 2.00 bits per heavy atom. The van der Waals surface area contributed by atoms with Crippen molar-refractivity contribution in [2.45, 2.75) is 29.7 Å². The molecule has 5 rings (SSSR count). The second-order valence-corrected chi connectivity index (χ2v) is 9.38. The average Bonchev–Trinajstić information content (AvgIpc) is 3.06. The van der Waals surface area contributed by atoms with Gasteiger partial charge in [-0.2, -0.15) is 0 Å². The van der Waals surface area contributed by atoms with Crippen LogP contribution in [0.2, 0.25) is 0 Å². The highest BCUT2D eigenvalue weighted by molar-refractivity contribution is 7.90. The van der Waals surface area contributed by atoms with Gasteiger partial charge in [0.05, 0.1) is 11.1 Å². The number of benzene rings is 1. The van der Waals surface area contributed by atoms with Crippen LogP contribution in [0.15, 0.2) is 53.7 Å². The molecule has 0 unspecified atom stereocenters. The van der Waals surface area contributed by atoms with Gasteiger partial charge in [0.2, 0.25) is 5.91 Å². The van der Waals surface area contributed by atoms with Gasteiger partial charge in [0.15, 0.2) is 0 Å². The van der Waals surface area contributed by atoms with E-state index in [-0.39, 0.29) is 16.4 Å². The molecule has 1 aromatic heterocycles. The summed E-state index contributed by atoms with van der Waals surface area (Å²) < 4.78 is 26.3. The molecule has 1 saturated heterocycles. The highest BCUT2D eigenvalue weighted by Crippen LogP contribution is 2.56. The van der Waals surface area contributed by atoms with Crippen LogP contribution >= 0.6 is 0 Å². The van der Waals surface area contributed by atoms with Gasteiger partial charge >= 0.3 is 0 Å². The van der Waals surface area contributed by atoms with Crippen LogP contribution in [-0.4, -0.2) is 47.5 Å². The molecule has 2 fully saturated rings. The van der Waals surface area contributed by atoms with E-state index in [9.17, 15) is 18.0 Å². The minimum absolute atomic E-state index is 0.0299. The molecule has 1 saturated carbocycles. The number of pyridine rings is 1. The Hall–Kier alpha value is -2.74. The molecule has 0 bridgehead atoms. The summed E-state index contributed by atoms with van der Waals surface area (Å²) in [6.45, 7) is 0.0952. The molecule has 2 amide bonds. The summed E-state index contributed by atoms with van der Waals surface area (Å²) in [5.41, 5.74) is 0.682. The van der Waals surface area contributed by atoms with E-state index >= 15 is 0 Å². The first-order valence-electron chi connectivity index (χ1n) is 9.33. The molecule has 1 aromatic carbocycles. The van der Waals surface area contributed by atoms with Crippen molar-refractivity contribution in [1.29, 1.82) is 0 Å². The van der Waals surface area contributed by atoms with E-state index in [0.717, 1.165) is 24.8 Å². The SMILES string of the molecule is O=C(CN1C(=O)c2ccccc2S1(=O)=O)N1CC[C@@H]2CC[C@@]21c1cccnc1. The van der Waals surface area contributed by atoms with E-state index in [4.69, 9.17) is 0 Å². The van der Waals surface area contributed by atoms with Crippen LogP contribution in [0.5, 0.6) is 0 Å². The van der Waals surface area contributed by atoms with Crippen LogP contribution in [-0.2, 0) is 20.4 Å². The zero-order valence-corrected chi connectivity index (χ0v) is 15.9. The number of likely N-dealkylation sites (tertiary alicyclic amines) is 1. The first-order chi connectivity index (χ1) is 13.5. The summed E-state index contributed by atoms with van der Waals surface area (Å²) in [4.78, 5) is 31.8. The van der Waals surface area contributed by atoms with Gasteiger partial charge in [0.25, 0.3) is 15.9 Å². The summed E-state index contributed by atoms with van der Waals surface area (Å²) in [6, 6.07) is 9.90. The highest BCUT2D eigenvalue weighted by Gasteiger charge is 2.58. The fourth-order valence-electron chi connectivity index (χ4n) is 4.94. The van der Waals surface area contributed by atoms with E-state index in [1.165, 1.54) is 12.1 Å². The fourth-order valence-corrected chi connectivity index (χ4v) is 6.46. The first kappa shape index (κ1) is 17.4. The van der Waals surface area contributed by atoms with E-state index in [1.54, 1.807) is 29.4 Å². The van der Waals surface area contributed by atoms with E-state index in [1.807, 2.05) is 12.1 Å². The van der Waals surface area contributed by atoms with Gasteiger partial charge in [-0.1, -0.05) is 18.2 Å². The summed E-state index contributed by atoms with van der Waals surface area (Å²) in [5.74, 6) is -0.622. The summed E-state index contributed by atoms with van der Waals surface area (Å²) >= 11 is 0. The molecule has 2 aliphatic heterocycles. The maximum absolute atomic E-state index is 13.2. The lowest BCUT2D eigenvalue weighted by atomic mass is 9.64. The minimum Gasteiger partial charge on any atom is -0.331 e. The van der Waals surface area contributed by atoms with Crippen molar-refractivity contribution in [3.63, 3.8) is 0 Å². The third-order valence-electron chi connectivity index (χ3n) is 6.39. The molecule has 2 aromatic rings. The number of hydrogen-bond donors (Lipinski definition) is 0. The van der Waals surface area contributed by atoms with Gasteiger partial charge in [0.1, 0.15) is 11.4 Å². The second kappa shape index (κ2) is 5.88. The summed E-state index contributed by atoms with van der Waals surface area (Å²) in [6.07, 6.45) is 6.22. The molecule has 8 heteroatoms. The van der Waals surface area contributed by atoms with Gasteiger partial charge in [0, 0.05) is 18.9 Å². The van der Waals surface area contributed by atoms with Gasteiger partial charge in [-0.15, -0.1) is 0 Å². The number of fused-ring (bicyclic) bond motifs is 2. The first-order valence-corrected chi connectivity index (χ1v) is 10.8. The van der Waals surface area contributed by atoms with Crippen LogP contribution in [0.3, 0.4) is 0 Å². The molecule has 0 radical (unpaired) electrons. The largest absolute Gasteiger partial charge is 0.331 e. The number of carbonyl (C=O) groups excluding carboxylic acids is 2. The number of sulfonamides is 1. The Kier molecular flexibility index (Phi) is 3.64. The number of hydrogen-bond acceptors (Lipinski definition) is 5. The van der Waals surface area contributed by atoms with Crippen molar-refractivity contribution in [3.8, 4) is 0 Å². The topological polar surface area (TPSA) is 87.7 Å². The molecular formula is C20H19N3O4S. The van der Waals surface area contributed by atoms with Crippen LogP contribution < -0.4 is 0 Å². The van der Waals surface area contributed by atoms with Gasteiger partial charge in [-0.3, -0.25) is 14.6 Å². The maximum atomic E-state index is 13.2. The highest BCUT2D eigenvalue weighted by atomic mass is 32.2. The zero-order chi connectivity index (χ0) is 19.5. The number of aromatic nitrogens is 1. The average molecular weight is 397 g/mol. The van der Waals surface area contributed by atoms with Crippen LogP contribution in [0, 0.1) is 5.92 Å². The number of amides is 2. The Bertz CT molecular complexity index is 1090. The Morgan fingerprint density at radius 3 is 2.68 bits per heavy atom. The van der Waals surface area contributed by atoms with E-state index in [0.29, 0.717) is 16.8 Å². The van der Waals surface area contributed by atoms with Crippen molar-refractivity contribution in [2.75, 3.05) is 13.1 Å². The lowest BCUT2D eigenvalue weighted by Crippen LogP contribution is -2.56. The molecular weight excluding hydrogens is 378 g/mol. The molecule has 7 nitrogen and oxygen atoms in total. The van der Waals surface area contributed by atoms with Gasteiger partial charge in [-0.05, 0) is 48.9 Å². The Labute approximate surface area is 163 Å². The Balaban J connectivity index is 1.46. The second-order valence-electron chi connectivity index (χ2n) is 7.55. The molecule has 1 aliphatic carbocycles. The maximum Gasteiger partial charge on any atom is 0.269 e. The summed E-state index contributed by atoms with van der Waals surface area (Å²) in [7, 11) is -3.99. The van der Waals surface area contributed by atoms with Crippen LogP contribution in [0.25, 0.3) is 0 Å². The smallest absolute Gasteiger partial charge is 0.269 e.